The molecule has 0 amide bonds. The van der Waals surface area contributed by atoms with Crippen molar-refractivity contribution < 1.29 is 29.6 Å². The van der Waals surface area contributed by atoms with Crippen LogP contribution >= 0.6 is 0 Å². The topological polar surface area (TPSA) is 96.2 Å². The average molecular weight is 384 g/mol. The number of rotatable bonds is 6. The molecule has 1 atom stereocenters. The molecule has 2 aromatic carbocycles. The highest BCUT2D eigenvalue weighted by molar-refractivity contribution is 6.07. The summed E-state index contributed by atoms with van der Waals surface area (Å²) in [7, 11) is 1.46. The highest BCUT2D eigenvalue weighted by Crippen LogP contribution is 2.44. The fraction of sp³-hybridized carbons (Fsp3) is 0.318. The maximum Gasteiger partial charge on any atom is 0.339 e. The summed E-state index contributed by atoms with van der Waals surface area (Å²) in [6.45, 7) is 3.91. The zero-order valence-corrected chi connectivity index (χ0v) is 16.2. The number of aromatic carboxylic acids is 1. The fourth-order valence-electron chi connectivity index (χ4n) is 3.41. The van der Waals surface area contributed by atoms with E-state index in [1.54, 1.807) is 12.1 Å². The molecular formula is C22H24O6. The second-order valence-corrected chi connectivity index (χ2v) is 7.18. The van der Waals surface area contributed by atoms with Crippen molar-refractivity contribution in [3.05, 3.63) is 47.1 Å². The van der Waals surface area contributed by atoms with Gasteiger partial charge in [-0.15, -0.1) is 0 Å². The summed E-state index contributed by atoms with van der Waals surface area (Å²) in [5.74, 6) is -0.514. The monoisotopic (exact) mass is 384 g/mol. The van der Waals surface area contributed by atoms with Crippen molar-refractivity contribution in [3.63, 3.8) is 0 Å². The Kier molecular flexibility index (Phi) is 5.34. The number of aliphatic hydroxyl groups excluding tert-OH is 1. The van der Waals surface area contributed by atoms with Crippen LogP contribution in [0.4, 0.5) is 0 Å². The van der Waals surface area contributed by atoms with Crippen LogP contribution in [0, 0.1) is 0 Å². The molecule has 2 aromatic rings. The molecule has 0 saturated carbocycles. The third-order valence-electron chi connectivity index (χ3n) is 5.02. The quantitative estimate of drug-likeness (QED) is 0.648. The third kappa shape index (κ3) is 3.55. The van der Waals surface area contributed by atoms with Gasteiger partial charge >= 0.3 is 5.97 Å². The van der Waals surface area contributed by atoms with Crippen LogP contribution in [0.2, 0.25) is 0 Å². The number of hydrogen-bond acceptors (Lipinski definition) is 5. The van der Waals surface area contributed by atoms with Gasteiger partial charge in [0.25, 0.3) is 0 Å². The minimum Gasteiger partial charge on any atom is -0.506 e. The number of benzene rings is 2. The summed E-state index contributed by atoms with van der Waals surface area (Å²) in [4.78, 5) is 11.4. The number of carbonyl (C=O) groups is 1. The van der Waals surface area contributed by atoms with Crippen LogP contribution in [-0.2, 0) is 0 Å². The second kappa shape index (κ2) is 7.56. The van der Waals surface area contributed by atoms with Crippen LogP contribution in [0.1, 0.15) is 42.6 Å². The van der Waals surface area contributed by atoms with E-state index in [2.05, 4.69) is 0 Å². The first-order chi connectivity index (χ1) is 13.3. The Balaban J connectivity index is 2.04. The molecule has 1 heterocycles. The van der Waals surface area contributed by atoms with Gasteiger partial charge in [0.05, 0.1) is 13.7 Å². The molecule has 148 valence electrons. The SMILES string of the molecule is COc1cc(C(=O)O)c(O)c2ccc3c(c12)C=CC(C)(CC/C=C(\C)CO)O3. The van der Waals surface area contributed by atoms with Gasteiger partial charge in [-0.1, -0.05) is 17.7 Å². The molecule has 1 aliphatic heterocycles. The molecule has 0 aromatic heterocycles. The summed E-state index contributed by atoms with van der Waals surface area (Å²) >= 11 is 0. The molecule has 6 heteroatoms. The lowest BCUT2D eigenvalue weighted by Crippen LogP contribution is -2.31. The molecule has 0 aliphatic carbocycles. The number of methoxy groups -OCH3 is 1. The van der Waals surface area contributed by atoms with E-state index in [4.69, 9.17) is 14.6 Å². The van der Waals surface area contributed by atoms with E-state index >= 15 is 0 Å². The Labute approximate surface area is 163 Å². The summed E-state index contributed by atoms with van der Waals surface area (Å²) in [6, 6.07) is 4.71. The van der Waals surface area contributed by atoms with Gasteiger partial charge in [-0.05, 0) is 51.0 Å². The largest absolute Gasteiger partial charge is 0.506 e. The molecule has 0 saturated heterocycles. The minimum absolute atomic E-state index is 0.0455. The first-order valence-electron chi connectivity index (χ1n) is 9.04. The second-order valence-electron chi connectivity index (χ2n) is 7.18. The highest BCUT2D eigenvalue weighted by Gasteiger charge is 2.29. The van der Waals surface area contributed by atoms with E-state index in [9.17, 15) is 15.0 Å². The maximum atomic E-state index is 11.4. The average Bonchev–Trinajstić information content (AvgIpc) is 2.67. The molecular weight excluding hydrogens is 360 g/mol. The van der Waals surface area contributed by atoms with Crippen LogP contribution in [0.3, 0.4) is 0 Å². The molecule has 0 fully saturated rings. The Hall–Kier alpha value is -2.99. The molecule has 1 unspecified atom stereocenters. The van der Waals surface area contributed by atoms with E-state index in [1.165, 1.54) is 13.2 Å². The predicted octanol–water partition coefficient (Wildman–Crippen LogP) is 4.14. The number of allylic oxidation sites excluding steroid dienone is 1. The minimum atomic E-state index is -1.22. The van der Waals surface area contributed by atoms with E-state index in [-0.39, 0.29) is 17.9 Å². The van der Waals surface area contributed by atoms with E-state index in [1.807, 2.05) is 32.1 Å². The summed E-state index contributed by atoms with van der Waals surface area (Å²) in [6.07, 6.45) is 7.37. The number of ether oxygens (including phenoxy) is 2. The molecule has 1 aliphatic rings. The van der Waals surface area contributed by atoms with Crippen molar-refractivity contribution >= 4 is 22.8 Å². The van der Waals surface area contributed by atoms with Crippen molar-refractivity contribution in [1.29, 1.82) is 0 Å². The van der Waals surface area contributed by atoms with E-state index in [0.717, 1.165) is 24.0 Å². The normalized spacial score (nSPS) is 18.6. The van der Waals surface area contributed by atoms with Gasteiger partial charge in [-0.2, -0.15) is 0 Å². The van der Waals surface area contributed by atoms with Gasteiger partial charge in [0.15, 0.2) is 0 Å². The standard InChI is InChI=1S/C22H24O6/c1-13(12-23)5-4-9-22(2)10-8-14-17(28-22)7-6-15-19(14)18(27-3)11-16(20(15)24)21(25)26/h5-8,10-11,23-24H,4,9,12H2,1-3H3,(H,25,26)/b13-5+. The van der Waals surface area contributed by atoms with Crippen LogP contribution in [-0.4, -0.2) is 40.6 Å². The van der Waals surface area contributed by atoms with Crippen molar-refractivity contribution in [2.45, 2.75) is 32.3 Å². The van der Waals surface area contributed by atoms with Gasteiger partial charge in [0, 0.05) is 16.3 Å². The van der Waals surface area contributed by atoms with Gasteiger partial charge in [0.2, 0.25) is 0 Å². The number of hydrogen-bond donors (Lipinski definition) is 3. The number of carboxylic acid groups (broad SMARTS) is 1. The molecule has 0 spiro atoms. The highest BCUT2D eigenvalue weighted by atomic mass is 16.5. The third-order valence-corrected chi connectivity index (χ3v) is 5.02. The number of phenols is 1. The van der Waals surface area contributed by atoms with Crippen molar-refractivity contribution in [3.8, 4) is 17.2 Å². The first kappa shape index (κ1) is 19.8. The lowest BCUT2D eigenvalue weighted by molar-refractivity contribution is 0.0693. The smallest absolute Gasteiger partial charge is 0.339 e. The van der Waals surface area contributed by atoms with Crippen molar-refractivity contribution in [2.24, 2.45) is 0 Å². The molecule has 0 bridgehead atoms. The van der Waals surface area contributed by atoms with Crippen LogP contribution < -0.4 is 9.47 Å². The van der Waals surface area contributed by atoms with Gasteiger partial charge in [-0.3, -0.25) is 0 Å². The molecule has 3 N–H and O–H groups in total. The van der Waals surface area contributed by atoms with Crippen molar-refractivity contribution in [1.82, 2.24) is 0 Å². The zero-order chi connectivity index (χ0) is 20.5. The summed E-state index contributed by atoms with van der Waals surface area (Å²) in [5.41, 5.74) is 0.940. The summed E-state index contributed by atoms with van der Waals surface area (Å²) < 4.78 is 11.6. The fourth-order valence-corrected chi connectivity index (χ4v) is 3.41. The molecule has 0 radical (unpaired) electrons. The van der Waals surface area contributed by atoms with Gasteiger partial charge < -0.3 is 24.8 Å². The zero-order valence-electron chi connectivity index (χ0n) is 16.2. The summed E-state index contributed by atoms with van der Waals surface area (Å²) in [5, 5.41) is 29.8. The Morgan fingerprint density at radius 1 is 1.36 bits per heavy atom. The maximum absolute atomic E-state index is 11.4. The lowest BCUT2D eigenvalue weighted by atomic mass is 9.91. The molecule has 28 heavy (non-hydrogen) atoms. The van der Waals surface area contributed by atoms with Crippen molar-refractivity contribution in [2.75, 3.05) is 13.7 Å². The van der Waals surface area contributed by atoms with Crippen LogP contribution in [0.5, 0.6) is 17.2 Å². The van der Waals surface area contributed by atoms with E-state index < -0.39 is 11.6 Å². The lowest BCUT2D eigenvalue weighted by Gasteiger charge is -2.32. The Bertz CT molecular complexity index is 988. The Morgan fingerprint density at radius 3 is 2.75 bits per heavy atom. The van der Waals surface area contributed by atoms with Gasteiger partial charge in [0.1, 0.15) is 28.4 Å². The number of aliphatic hydroxyl groups is 1. The number of fused-ring (bicyclic) bond motifs is 3. The molecule has 3 rings (SSSR count). The van der Waals surface area contributed by atoms with E-state index in [0.29, 0.717) is 22.3 Å². The van der Waals surface area contributed by atoms with Gasteiger partial charge in [-0.25, -0.2) is 4.79 Å². The first-order valence-corrected chi connectivity index (χ1v) is 9.04. The number of carboxylic acids is 1. The predicted molar refractivity (Wildman–Crippen MR) is 107 cm³/mol. The van der Waals surface area contributed by atoms with Crippen LogP contribution in [0.25, 0.3) is 16.8 Å². The number of aromatic hydroxyl groups is 1. The Morgan fingerprint density at radius 2 is 2.11 bits per heavy atom. The molecule has 6 nitrogen and oxygen atoms in total. The van der Waals surface area contributed by atoms with Crippen LogP contribution in [0.15, 0.2) is 35.9 Å².